The third-order valence-electron chi connectivity index (χ3n) is 8.58. The summed E-state index contributed by atoms with van der Waals surface area (Å²) in [7, 11) is 0. The number of aromatic nitrogens is 10. The highest BCUT2D eigenvalue weighted by atomic mass is 32.2. The molecule has 0 unspecified atom stereocenters. The van der Waals surface area contributed by atoms with E-state index in [0.717, 1.165) is 80.7 Å². The molecule has 0 N–H and O–H groups in total. The van der Waals surface area contributed by atoms with Crippen LogP contribution in [0.1, 0.15) is 43.8 Å². The van der Waals surface area contributed by atoms with Gasteiger partial charge >= 0.3 is 0 Å². The lowest BCUT2D eigenvalue weighted by molar-refractivity contribution is 0.655. The molecule has 12 heteroatoms. The van der Waals surface area contributed by atoms with E-state index in [1.807, 2.05) is 71.7 Å². The predicted octanol–water partition coefficient (Wildman–Crippen LogP) is 10.1. The third kappa shape index (κ3) is 9.15. The van der Waals surface area contributed by atoms with Gasteiger partial charge in [-0.15, -0.1) is 20.4 Å². The molecule has 0 spiro atoms. The van der Waals surface area contributed by atoms with Crippen molar-refractivity contribution in [3.8, 4) is 34.4 Å². The van der Waals surface area contributed by atoms with Gasteiger partial charge in [0, 0.05) is 36.0 Å². The Hall–Kier alpha value is -5.72. The van der Waals surface area contributed by atoms with Gasteiger partial charge in [0.2, 0.25) is 0 Å². The average molecular weight is 767 g/mol. The van der Waals surface area contributed by atoms with Crippen molar-refractivity contribution in [2.75, 3.05) is 0 Å². The second-order valence-electron chi connectivity index (χ2n) is 12.5. The standard InChI is InChI=1S/2C21H21N5S.CH4/c2*1-3-25-19(14-16(2)24-25)20-22-23-21(26(20)18-12-8-5-9-13-18)27-15-17-10-6-4-7-11-17;/h2*4-14H,3,15H2,1-2H3;1H4. The SMILES string of the molecule is C.CCn1nc(C)cc1-c1nnc(SCc2ccccc2)n1-c1ccccc1.CCn1nc(C)cc1-c1nnc(SCc2ccccc2)n1-c1ccccc1. The highest BCUT2D eigenvalue weighted by Crippen LogP contribution is 2.32. The van der Waals surface area contributed by atoms with E-state index in [9.17, 15) is 0 Å². The molecule has 8 rings (SSSR count). The van der Waals surface area contributed by atoms with E-state index in [0.29, 0.717) is 0 Å². The van der Waals surface area contributed by atoms with Crippen LogP contribution in [0.5, 0.6) is 0 Å². The Bertz CT molecular complexity index is 2210. The zero-order valence-electron chi connectivity index (χ0n) is 30.8. The van der Waals surface area contributed by atoms with Crippen LogP contribution >= 0.6 is 23.5 Å². The number of aryl methyl sites for hydroxylation is 4. The van der Waals surface area contributed by atoms with Crippen molar-refractivity contribution >= 4 is 23.5 Å². The molecule has 0 aliphatic rings. The number of thioether (sulfide) groups is 2. The molecule has 0 aliphatic heterocycles. The molecule has 10 nitrogen and oxygen atoms in total. The Balaban J connectivity index is 0.000000184. The molecule has 0 aliphatic carbocycles. The van der Waals surface area contributed by atoms with Crippen molar-refractivity contribution in [2.24, 2.45) is 0 Å². The highest BCUT2D eigenvalue weighted by molar-refractivity contribution is 7.98. The van der Waals surface area contributed by atoms with Crippen molar-refractivity contribution < 1.29 is 0 Å². The van der Waals surface area contributed by atoms with Gasteiger partial charge < -0.3 is 0 Å². The van der Waals surface area contributed by atoms with Gasteiger partial charge in [0.1, 0.15) is 11.4 Å². The molecule has 0 saturated carbocycles. The molecular formula is C43H46N10S2. The van der Waals surface area contributed by atoms with Crippen LogP contribution in [0.2, 0.25) is 0 Å². The summed E-state index contributed by atoms with van der Waals surface area (Å²) in [5, 5.41) is 29.0. The summed E-state index contributed by atoms with van der Waals surface area (Å²) < 4.78 is 8.20. The number of hydrogen-bond donors (Lipinski definition) is 0. The molecule has 0 fully saturated rings. The van der Waals surface area contributed by atoms with Crippen LogP contribution in [0.25, 0.3) is 34.4 Å². The monoisotopic (exact) mass is 766 g/mol. The minimum absolute atomic E-state index is 0. The maximum Gasteiger partial charge on any atom is 0.196 e. The number of para-hydroxylation sites is 2. The molecule has 55 heavy (non-hydrogen) atoms. The predicted molar refractivity (Wildman–Crippen MR) is 225 cm³/mol. The molecule has 0 radical (unpaired) electrons. The van der Waals surface area contributed by atoms with Gasteiger partial charge in [0.15, 0.2) is 22.0 Å². The summed E-state index contributed by atoms with van der Waals surface area (Å²) in [5.41, 5.74) is 8.56. The minimum Gasteiger partial charge on any atom is -0.269 e. The summed E-state index contributed by atoms with van der Waals surface area (Å²) in [4.78, 5) is 0. The van der Waals surface area contributed by atoms with Crippen LogP contribution in [-0.2, 0) is 24.6 Å². The van der Waals surface area contributed by atoms with Gasteiger partial charge in [-0.1, -0.05) is 128 Å². The van der Waals surface area contributed by atoms with E-state index >= 15 is 0 Å². The summed E-state index contributed by atoms with van der Waals surface area (Å²) in [6, 6.07) is 45.5. The van der Waals surface area contributed by atoms with Crippen molar-refractivity contribution in [3.05, 3.63) is 156 Å². The van der Waals surface area contributed by atoms with Crippen LogP contribution in [0.3, 0.4) is 0 Å². The minimum atomic E-state index is 0. The number of hydrogen-bond acceptors (Lipinski definition) is 8. The average Bonchev–Trinajstić information content (AvgIpc) is 4.02. The number of nitrogens with zero attached hydrogens (tertiary/aromatic N) is 10. The van der Waals surface area contributed by atoms with Crippen molar-refractivity contribution in [2.45, 2.75) is 70.0 Å². The largest absolute Gasteiger partial charge is 0.269 e. The first kappa shape index (κ1) is 39.0. The van der Waals surface area contributed by atoms with Crippen molar-refractivity contribution in [3.63, 3.8) is 0 Å². The van der Waals surface area contributed by atoms with Gasteiger partial charge in [-0.3, -0.25) is 18.5 Å². The Labute approximate surface area is 331 Å². The van der Waals surface area contributed by atoms with E-state index in [4.69, 9.17) is 0 Å². The molecular weight excluding hydrogens is 721 g/mol. The first-order valence-corrected chi connectivity index (χ1v) is 19.9. The molecule has 4 heterocycles. The van der Waals surface area contributed by atoms with E-state index < -0.39 is 0 Å². The summed E-state index contributed by atoms with van der Waals surface area (Å²) in [5.74, 6) is 3.33. The van der Waals surface area contributed by atoms with Gasteiger partial charge in [-0.25, -0.2) is 0 Å². The molecule has 0 bridgehead atoms. The highest BCUT2D eigenvalue weighted by Gasteiger charge is 2.21. The van der Waals surface area contributed by atoms with E-state index in [-0.39, 0.29) is 7.43 Å². The Morgan fingerprint density at radius 1 is 0.473 bits per heavy atom. The van der Waals surface area contributed by atoms with Crippen LogP contribution in [0, 0.1) is 13.8 Å². The van der Waals surface area contributed by atoms with Gasteiger partial charge in [0.05, 0.1) is 11.4 Å². The molecule has 0 saturated heterocycles. The van der Waals surface area contributed by atoms with E-state index in [1.165, 1.54) is 11.1 Å². The summed E-state index contributed by atoms with van der Waals surface area (Å²) in [6.45, 7) is 9.76. The summed E-state index contributed by atoms with van der Waals surface area (Å²) >= 11 is 3.38. The van der Waals surface area contributed by atoms with Crippen LogP contribution in [-0.4, -0.2) is 49.1 Å². The van der Waals surface area contributed by atoms with Crippen molar-refractivity contribution in [1.29, 1.82) is 0 Å². The van der Waals surface area contributed by atoms with Crippen LogP contribution in [0.4, 0.5) is 0 Å². The van der Waals surface area contributed by atoms with Gasteiger partial charge in [0.25, 0.3) is 0 Å². The van der Waals surface area contributed by atoms with Crippen molar-refractivity contribution in [1.82, 2.24) is 49.1 Å². The van der Waals surface area contributed by atoms with Crippen LogP contribution < -0.4 is 0 Å². The smallest absolute Gasteiger partial charge is 0.196 e. The quantitative estimate of drug-likeness (QED) is 0.113. The number of benzene rings is 4. The zero-order chi connectivity index (χ0) is 37.3. The zero-order valence-corrected chi connectivity index (χ0v) is 32.5. The lowest BCUT2D eigenvalue weighted by Crippen LogP contribution is -2.05. The molecule has 4 aromatic heterocycles. The van der Waals surface area contributed by atoms with Gasteiger partial charge in [-0.05, 0) is 75.2 Å². The molecule has 8 aromatic rings. The molecule has 280 valence electrons. The van der Waals surface area contributed by atoms with Crippen LogP contribution in [0.15, 0.2) is 144 Å². The lowest BCUT2D eigenvalue weighted by atomic mass is 10.2. The second-order valence-corrected chi connectivity index (χ2v) is 14.4. The third-order valence-corrected chi connectivity index (χ3v) is 10.6. The topological polar surface area (TPSA) is 97.1 Å². The normalized spacial score (nSPS) is 10.8. The first-order valence-electron chi connectivity index (χ1n) is 18.0. The van der Waals surface area contributed by atoms with Gasteiger partial charge in [-0.2, -0.15) is 10.2 Å². The second kappa shape index (κ2) is 18.5. The Morgan fingerprint density at radius 2 is 0.818 bits per heavy atom. The Kier molecular flexibility index (Phi) is 13.1. The first-order chi connectivity index (χ1) is 26.5. The maximum atomic E-state index is 4.57. The fourth-order valence-corrected chi connectivity index (χ4v) is 7.87. The summed E-state index contributed by atoms with van der Waals surface area (Å²) in [6.07, 6.45) is 0. The lowest BCUT2D eigenvalue weighted by Gasteiger charge is -2.11. The number of rotatable bonds is 12. The fourth-order valence-electron chi connectivity index (χ4n) is 6.06. The Morgan fingerprint density at radius 3 is 1.16 bits per heavy atom. The fraction of sp³-hybridized carbons (Fsp3) is 0.209. The molecule has 4 aromatic carbocycles. The molecule has 0 amide bonds. The molecule has 0 atom stereocenters. The van der Waals surface area contributed by atoms with E-state index in [1.54, 1.807) is 23.5 Å². The maximum absolute atomic E-state index is 4.57. The van der Waals surface area contributed by atoms with E-state index in [2.05, 4.69) is 139 Å².